The van der Waals surface area contributed by atoms with E-state index in [0.29, 0.717) is 13.0 Å². The predicted molar refractivity (Wildman–Crippen MR) is 104 cm³/mol. The van der Waals surface area contributed by atoms with E-state index in [1.165, 1.54) is 7.11 Å². The van der Waals surface area contributed by atoms with Gasteiger partial charge in [-0.1, -0.05) is 60.7 Å². The van der Waals surface area contributed by atoms with E-state index in [0.717, 1.165) is 17.5 Å². The predicted octanol–water partition coefficient (Wildman–Crippen LogP) is 3.57. The maximum Gasteiger partial charge on any atom is 0.327 e. The highest BCUT2D eigenvalue weighted by Crippen LogP contribution is 2.62. The normalized spacial score (nSPS) is 32.1. The molecule has 0 spiro atoms. The van der Waals surface area contributed by atoms with Crippen molar-refractivity contribution in [3.8, 4) is 0 Å². The zero-order chi connectivity index (χ0) is 19.9. The summed E-state index contributed by atoms with van der Waals surface area (Å²) >= 11 is 0. The van der Waals surface area contributed by atoms with Crippen molar-refractivity contribution in [1.82, 2.24) is 4.90 Å². The number of benzene rings is 2. The molecule has 0 aromatic heterocycles. The minimum atomic E-state index is -1.38. The van der Waals surface area contributed by atoms with Gasteiger partial charge < -0.3 is 4.74 Å². The molecule has 4 atom stereocenters. The van der Waals surface area contributed by atoms with Crippen molar-refractivity contribution >= 4 is 5.97 Å². The molecule has 2 aromatic rings. The van der Waals surface area contributed by atoms with Crippen LogP contribution in [0.5, 0.6) is 0 Å². The first-order valence-corrected chi connectivity index (χ1v) is 9.57. The number of nitrogens with zero attached hydrogens (tertiary/aromatic N) is 2. The Morgan fingerprint density at radius 1 is 1.11 bits per heavy atom. The molecule has 28 heavy (non-hydrogen) atoms. The number of carbonyl (C=O) groups is 1. The van der Waals surface area contributed by atoms with Crippen LogP contribution in [0.1, 0.15) is 42.9 Å². The maximum atomic E-state index is 13.2. The molecule has 0 amide bonds. The molecular weight excluding hydrogens is 356 g/mol. The number of rotatable bonds is 4. The van der Waals surface area contributed by atoms with Crippen LogP contribution in [0.25, 0.3) is 0 Å². The van der Waals surface area contributed by atoms with Crippen LogP contribution in [0.4, 0.5) is 0 Å². The lowest BCUT2D eigenvalue weighted by Crippen LogP contribution is -2.52. The van der Waals surface area contributed by atoms with Crippen LogP contribution in [0.2, 0.25) is 0 Å². The number of hydrogen-bond acceptors (Lipinski definition) is 5. The van der Waals surface area contributed by atoms with Crippen molar-refractivity contribution in [3.63, 3.8) is 0 Å². The minimum Gasteiger partial charge on any atom is -0.468 e. The topological polar surface area (TPSA) is 72.7 Å². The summed E-state index contributed by atoms with van der Waals surface area (Å²) in [5.74, 6) is -0.998. The van der Waals surface area contributed by atoms with E-state index in [9.17, 15) is 14.9 Å². The summed E-state index contributed by atoms with van der Waals surface area (Å²) < 4.78 is 5.24. The number of fused-ring (bicyclic) bond motifs is 1. The largest absolute Gasteiger partial charge is 0.468 e. The van der Waals surface area contributed by atoms with Crippen molar-refractivity contribution in [2.45, 2.75) is 42.8 Å². The number of hydrogen-bond donors (Lipinski definition) is 0. The summed E-state index contributed by atoms with van der Waals surface area (Å²) in [5.41, 5.74) is -0.761. The van der Waals surface area contributed by atoms with Crippen molar-refractivity contribution in [2.24, 2.45) is 0 Å². The molecule has 2 saturated heterocycles. The van der Waals surface area contributed by atoms with Crippen LogP contribution >= 0.6 is 0 Å². The summed E-state index contributed by atoms with van der Waals surface area (Å²) in [4.78, 5) is 27.7. The Morgan fingerprint density at radius 3 is 2.21 bits per heavy atom. The lowest BCUT2D eigenvalue weighted by molar-refractivity contribution is -0.573. The Morgan fingerprint density at radius 2 is 1.68 bits per heavy atom. The van der Waals surface area contributed by atoms with E-state index in [4.69, 9.17) is 4.74 Å². The fraction of sp³-hybridized carbons (Fsp3) is 0.409. The van der Waals surface area contributed by atoms with Crippen molar-refractivity contribution in [3.05, 3.63) is 81.9 Å². The highest BCUT2D eigenvalue weighted by atomic mass is 16.6. The van der Waals surface area contributed by atoms with Gasteiger partial charge in [-0.25, -0.2) is 0 Å². The molecule has 6 heteroatoms. The van der Waals surface area contributed by atoms with Crippen molar-refractivity contribution in [2.75, 3.05) is 13.7 Å². The lowest BCUT2D eigenvalue weighted by Gasteiger charge is -2.35. The third-order valence-corrected chi connectivity index (χ3v) is 6.58. The van der Waals surface area contributed by atoms with E-state index in [2.05, 4.69) is 0 Å². The Kier molecular flexibility index (Phi) is 4.46. The molecular formula is C22H24N2O4. The van der Waals surface area contributed by atoms with Gasteiger partial charge in [0.1, 0.15) is 11.6 Å². The van der Waals surface area contributed by atoms with Crippen LogP contribution in [0.3, 0.4) is 0 Å². The van der Waals surface area contributed by atoms with Gasteiger partial charge in [-0.3, -0.25) is 19.8 Å². The average molecular weight is 380 g/mol. The number of ether oxygens (including phenoxy) is 1. The zero-order valence-corrected chi connectivity index (χ0v) is 16.1. The molecule has 146 valence electrons. The van der Waals surface area contributed by atoms with Gasteiger partial charge in [0.2, 0.25) is 5.54 Å². The van der Waals surface area contributed by atoms with Crippen LogP contribution in [-0.4, -0.2) is 40.5 Å². The molecule has 2 aliphatic heterocycles. The Bertz CT molecular complexity index is 888. The smallest absolute Gasteiger partial charge is 0.327 e. The molecule has 2 aromatic carbocycles. The van der Waals surface area contributed by atoms with Gasteiger partial charge in [0.25, 0.3) is 0 Å². The molecule has 6 nitrogen and oxygen atoms in total. The molecule has 0 bridgehead atoms. The number of nitro groups is 1. The molecule has 0 N–H and O–H groups in total. The maximum absolute atomic E-state index is 13.2. The van der Waals surface area contributed by atoms with Gasteiger partial charge in [-0.05, 0) is 24.0 Å². The van der Waals surface area contributed by atoms with Crippen molar-refractivity contribution in [1.29, 1.82) is 0 Å². The summed E-state index contributed by atoms with van der Waals surface area (Å²) in [6.45, 7) is 2.31. The molecule has 0 unspecified atom stereocenters. The second-order valence-electron chi connectivity index (χ2n) is 7.85. The minimum absolute atomic E-state index is 0.189. The van der Waals surface area contributed by atoms with E-state index in [-0.39, 0.29) is 10.9 Å². The molecule has 2 heterocycles. The van der Waals surface area contributed by atoms with E-state index < -0.39 is 23.0 Å². The van der Waals surface area contributed by atoms with Gasteiger partial charge in [-0.15, -0.1) is 0 Å². The molecule has 0 aliphatic carbocycles. The average Bonchev–Trinajstić information content (AvgIpc) is 3.22. The summed E-state index contributed by atoms with van der Waals surface area (Å²) in [5, 5.41) is 12.6. The van der Waals surface area contributed by atoms with Crippen LogP contribution in [0, 0.1) is 10.1 Å². The fourth-order valence-electron chi connectivity index (χ4n) is 5.62. The third-order valence-electron chi connectivity index (χ3n) is 6.58. The first kappa shape index (κ1) is 18.6. The van der Waals surface area contributed by atoms with Gasteiger partial charge in [-0.2, -0.15) is 0 Å². The van der Waals surface area contributed by atoms with Gasteiger partial charge >= 0.3 is 5.97 Å². The summed E-state index contributed by atoms with van der Waals surface area (Å²) in [6, 6.07) is 18.4. The Hall–Kier alpha value is -2.73. The quantitative estimate of drug-likeness (QED) is 0.461. The van der Waals surface area contributed by atoms with E-state index in [1.54, 1.807) is 6.92 Å². The van der Waals surface area contributed by atoms with Gasteiger partial charge in [0.15, 0.2) is 0 Å². The SMILES string of the molecule is COC(=O)[C@]12CCCN1[C@@H](c1ccccc1)[C@](C)([N+](=O)[O-])[C@@H]2c1ccccc1. The Labute approximate surface area is 164 Å². The molecule has 2 fully saturated rings. The molecule has 0 saturated carbocycles. The van der Waals surface area contributed by atoms with Crippen LogP contribution in [-0.2, 0) is 9.53 Å². The third kappa shape index (κ3) is 2.34. The molecule has 2 aliphatic rings. The standard InChI is InChI=1S/C22H24N2O4/c1-21(24(26)27)18(16-10-5-3-6-11-16)22(20(25)28-2)14-9-15-23(22)19(21)17-12-7-4-8-13-17/h3-8,10-13,18-19H,9,14-15H2,1-2H3/t18-,19-,21+,22+/m0/s1. The monoisotopic (exact) mass is 380 g/mol. The highest BCUT2D eigenvalue weighted by Gasteiger charge is 2.76. The second-order valence-corrected chi connectivity index (χ2v) is 7.85. The van der Waals surface area contributed by atoms with E-state index in [1.807, 2.05) is 65.6 Å². The van der Waals surface area contributed by atoms with Crippen LogP contribution < -0.4 is 0 Å². The van der Waals surface area contributed by atoms with E-state index >= 15 is 0 Å². The van der Waals surface area contributed by atoms with Gasteiger partial charge in [0, 0.05) is 18.4 Å². The first-order valence-electron chi connectivity index (χ1n) is 9.57. The van der Waals surface area contributed by atoms with Gasteiger partial charge in [0.05, 0.1) is 13.0 Å². The Balaban J connectivity index is 2.02. The number of carbonyl (C=O) groups excluding carboxylic acids is 1. The molecule has 0 radical (unpaired) electrons. The summed E-state index contributed by atoms with van der Waals surface area (Å²) in [7, 11) is 1.37. The van der Waals surface area contributed by atoms with Crippen molar-refractivity contribution < 1.29 is 14.5 Å². The molecule has 4 rings (SSSR count). The summed E-state index contributed by atoms with van der Waals surface area (Å²) in [6.07, 6.45) is 1.35. The lowest BCUT2D eigenvalue weighted by atomic mass is 9.69. The fourth-order valence-corrected chi connectivity index (χ4v) is 5.62. The first-order chi connectivity index (χ1) is 13.5. The second kappa shape index (κ2) is 6.71. The number of esters is 1. The number of methoxy groups -OCH3 is 1. The van der Waals surface area contributed by atoms with Crippen LogP contribution in [0.15, 0.2) is 60.7 Å². The highest BCUT2D eigenvalue weighted by molar-refractivity contribution is 5.84. The zero-order valence-electron chi connectivity index (χ0n) is 16.1.